The van der Waals surface area contributed by atoms with Crippen molar-refractivity contribution in [2.45, 2.75) is 6.61 Å². The van der Waals surface area contributed by atoms with E-state index in [2.05, 4.69) is 5.32 Å². The number of anilines is 1. The third-order valence-corrected chi connectivity index (χ3v) is 1.58. The van der Waals surface area contributed by atoms with E-state index in [1.807, 2.05) is 0 Å². The Morgan fingerprint density at radius 2 is 2.31 bits per heavy atom. The molecule has 0 fully saturated rings. The van der Waals surface area contributed by atoms with Gasteiger partial charge in [-0.05, 0) is 17.7 Å². The number of hydrogen-bond donors (Lipinski definition) is 3. The van der Waals surface area contributed by atoms with Gasteiger partial charge in [-0.2, -0.15) is 0 Å². The summed E-state index contributed by atoms with van der Waals surface area (Å²) in [6, 6.07) is 4.14. The molecule has 0 aliphatic rings. The van der Waals surface area contributed by atoms with Crippen LogP contribution >= 0.6 is 0 Å². The molecule has 0 aliphatic heterocycles. The molecule has 2 amide bonds. The van der Waals surface area contributed by atoms with E-state index in [0.717, 1.165) is 0 Å². The quantitative estimate of drug-likeness (QED) is 0.529. The Labute approximate surface area is 77.2 Å². The number of carbonyl (C=O) groups excluding carboxylic acids is 1. The average molecular weight is 176 g/mol. The van der Waals surface area contributed by atoms with Crippen LogP contribution < -0.4 is 16.5 Å². The first-order chi connectivity index (χ1) is 6.13. The molecule has 1 rings (SSSR count). The second-order valence-corrected chi connectivity index (χ2v) is 2.56. The van der Waals surface area contributed by atoms with Crippen molar-refractivity contribution in [3.8, 4) is 0 Å². The molecule has 1 aromatic rings. The molecule has 1 aromatic carbocycles. The number of nitrogens with one attached hydrogen (secondary N) is 1. The standard InChI is InChI=1S/C8H9BN2O2/c9-7-3-6(11-8(10)13)2-1-5(7)4-12/h1-3,12H,4H2,(H3,10,11,13). The largest absolute Gasteiger partial charge is 0.392 e. The third kappa shape index (κ3) is 2.49. The van der Waals surface area contributed by atoms with E-state index >= 15 is 0 Å². The number of hydrogen-bond acceptors (Lipinski definition) is 2. The van der Waals surface area contributed by atoms with Crippen molar-refractivity contribution in [3.05, 3.63) is 23.8 Å². The molecule has 0 saturated heterocycles. The third-order valence-electron chi connectivity index (χ3n) is 1.58. The Bertz CT molecular complexity index is 328. The van der Waals surface area contributed by atoms with Crippen LogP contribution in [0.3, 0.4) is 0 Å². The highest BCUT2D eigenvalue weighted by atomic mass is 16.3. The molecule has 0 unspecified atom stereocenters. The van der Waals surface area contributed by atoms with Crippen molar-refractivity contribution < 1.29 is 9.90 Å². The maximum atomic E-state index is 10.5. The highest BCUT2D eigenvalue weighted by molar-refractivity contribution is 6.33. The van der Waals surface area contributed by atoms with Crippen LogP contribution in [0.15, 0.2) is 18.2 Å². The summed E-state index contributed by atoms with van der Waals surface area (Å²) in [4.78, 5) is 10.5. The van der Waals surface area contributed by atoms with Gasteiger partial charge in [0.15, 0.2) is 0 Å². The highest BCUT2D eigenvalue weighted by Crippen LogP contribution is 2.06. The fourth-order valence-corrected chi connectivity index (χ4v) is 0.959. The SMILES string of the molecule is [B]c1cc(NC(N)=O)ccc1CO. The van der Waals surface area contributed by atoms with Crippen LogP contribution in [0.2, 0.25) is 0 Å². The Balaban J connectivity index is 2.89. The highest BCUT2D eigenvalue weighted by Gasteiger charge is 1.99. The molecule has 0 spiro atoms. The zero-order valence-electron chi connectivity index (χ0n) is 6.95. The smallest absolute Gasteiger partial charge is 0.316 e. The summed E-state index contributed by atoms with van der Waals surface area (Å²) in [6.07, 6.45) is 0. The van der Waals surface area contributed by atoms with Crippen LogP contribution in [0.5, 0.6) is 0 Å². The van der Waals surface area contributed by atoms with Gasteiger partial charge in [-0.3, -0.25) is 0 Å². The second kappa shape index (κ2) is 3.95. The lowest BCUT2D eigenvalue weighted by atomic mass is 9.90. The van der Waals surface area contributed by atoms with Gasteiger partial charge in [-0.1, -0.05) is 11.5 Å². The van der Waals surface area contributed by atoms with Gasteiger partial charge in [0.2, 0.25) is 0 Å². The van der Waals surface area contributed by atoms with Gasteiger partial charge >= 0.3 is 6.03 Å². The van der Waals surface area contributed by atoms with Crippen molar-refractivity contribution in [2.24, 2.45) is 5.73 Å². The van der Waals surface area contributed by atoms with Gasteiger partial charge < -0.3 is 16.2 Å². The molecular formula is C8H9BN2O2. The normalized spacial score (nSPS) is 9.62. The van der Waals surface area contributed by atoms with Gasteiger partial charge in [-0.15, -0.1) is 0 Å². The van der Waals surface area contributed by atoms with E-state index in [4.69, 9.17) is 18.7 Å². The van der Waals surface area contributed by atoms with E-state index in [-0.39, 0.29) is 6.61 Å². The van der Waals surface area contributed by atoms with Crippen molar-refractivity contribution >= 4 is 25.0 Å². The summed E-state index contributed by atoms with van der Waals surface area (Å²) in [5.41, 5.74) is 6.47. The maximum Gasteiger partial charge on any atom is 0.316 e. The lowest BCUT2D eigenvalue weighted by molar-refractivity contribution is 0.259. The summed E-state index contributed by atoms with van der Waals surface area (Å²) in [7, 11) is 5.56. The minimum Gasteiger partial charge on any atom is -0.392 e. The Morgan fingerprint density at radius 1 is 1.62 bits per heavy atom. The molecule has 66 valence electrons. The summed E-state index contributed by atoms with van der Waals surface area (Å²) in [5, 5.41) is 11.2. The minimum absolute atomic E-state index is 0.122. The molecular weight excluding hydrogens is 167 g/mol. The van der Waals surface area contributed by atoms with Gasteiger partial charge in [-0.25, -0.2) is 4.79 Å². The summed E-state index contributed by atoms with van der Waals surface area (Å²) < 4.78 is 0. The fraction of sp³-hybridized carbons (Fsp3) is 0.125. The molecule has 2 radical (unpaired) electrons. The average Bonchev–Trinajstić information content (AvgIpc) is 2.03. The van der Waals surface area contributed by atoms with Gasteiger partial charge in [0.25, 0.3) is 0 Å². The van der Waals surface area contributed by atoms with E-state index in [9.17, 15) is 4.79 Å². The number of aliphatic hydroxyl groups is 1. The molecule has 4 N–H and O–H groups in total. The molecule has 13 heavy (non-hydrogen) atoms. The van der Waals surface area contributed by atoms with Crippen LogP contribution in [0.4, 0.5) is 10.5 Å². The number of carbonyl (C=O) groups is 1. The first-order valence-electron chi connectivity index (χ1n) is 3.69. The van der Waals surface area contributed by atoms with E-state index in [1.165, 1.54) is 6.07 Å². The Hall–Kier alpha value is -1.49. The number of amides is 2. The Morgan fingerprint density at radius 3 is 2.77 bits per heavy atom. The van der Waals surface area contributed by atoms with Gasteiger partial charge in [0.05, 0.1) is 6.61 Å². The monoisotopic (exact) mass is 176 g/mol. The molecule has 5 heteroatoms. The molecule has 0 bridgehead atoms. The molecule has 0 atom stereocenters. The molecule has 4 nitrogen and oxygen atoms in total. The first kappa shape index (κ1) is 9.60. The van der Waals surface area contributed by atoms with Crippen LogP contribution in [0.25, 0.3) is 0 Å². The molecule has 0 heterocycles. The molecule has 0 saturated carbocycles. The zero-order chi connectivity index (χ0) is 9.84. The van der Waals surface area contributed by atoms with Crippen molar-refractivity contribution in [2.75, 3.05) is 5.32 Å². The van der Waals surface area contributed by atoms with E-state index < -0.39 is 6.03 Å². The van der Waals surface area contributed by atoms with Crippen LogP contribution in [0.1, 0.15) is 5.56 Å². The minimum atomic E-state index is -0.642. The number of urea groups is 1. The van der Waals surface area contributed by atoms with Crippen molar-refractivity contribution in [1.82, 2.24) is 0 Å². The van der Waals surface area contributed by atoms with Gasteiger partial charge in [0.1, 0.15) is 7.85 Å². The Kier molecular flexibility index (Phi) is 2.92. The lowest BCUT2D eigenvalue weighted by Gasteiger charge is -2.06. The van der Waals surface area contributed by atoms with Crippen molar-refractivity contribution in [1.29, 1.82) is 0 Å². The number of primary amides is 1. The van der Waals surface area contributed by atoms with Crippen LogP contribution in [-0.4, -0.2) is 19.0 Å². The summed E-state index contributed by atoms with van der Waals surface area (Å²) in [5.74, 6) is 0. The number of aliphatic hydroxyl groups excluding tert-OH is 1. The second-order valence-electron chi connectivity index (χ2n) is 2.56. The molecule has 0 aromatic heterocycles. The predicted octanol–water partition coefficient (Wildman–Crippen LogP) is -0.537. The predicted molar refractivity (Wildman–Crippen MR) is 51.0 cm³/mol. The molecule has 0 aliphatic carbocycles. The van der Waals surface area contributed by atoms with Crippen molar-refractivity contribution in [3.63, 3.8) is 0 Å². The summed E-state index contributed by atoms with van der Waals surface area (Å²) >= 11 is 0. The van der Waals surface area contributed by atoms with E-state index in [1.54, 1.807) is 12.1 Å². The van der Waals surface area contributed by atoms with Crippen LogP contribution in [0, 0.1) is 0 Å². The maximum absolute atomic E-state index is 10.5. The van der Waals surface area contributed by atoms with Crippen LogP contribution in [-0.2, 0) is 6.61 Å². The number of nitrogens with two attached hydrogens (primary N) is 1. The van der Waals surface area contributed by atoms with E-state index in [0.29, 0.717) is 16.7 Å². The summed E-state index contributed by atoms with van der Waals surface area (Å²) in [6.45, 7) is -0.122. The fourth-order valence-electron chi connectivity index (χ4n) is 0.959. The zero-order valence-corrected chi connectivity index (χ0v) is 6.95. The number of rotatable bonds is 2. The topological polar surface area (TPSA) is 75.3 Å². The first-order valence-corrected chi connectivity index (χ1v) is 3.69. The lowest BCUT2D eigenvalue weighted by Crippen LogP contribution is -2.21. The van der Waals surface area contributed by atoms with Gasteiger partial charge in [0, 0.05) is 5.69 Å². The number of benzene rings is 1.